The Morgan fingerprint density at radius 3 is 2.40 bits per heavy atom. The molecule has 0 aromatic heterocycles. The van der Waals surface area contributed by atoms with Crippen molar-refractivity contribution < 1.29 is 9.47 Å². The highest BCUT2D eigenvalue weighted by atomic mass is 16.5. The number of nitrogens with two attached hydrogens (primary N) is 1. The smallest absolute Gasteiger partial charge is 0.123 e. The molecule has 0 bridgehead atoms. The van der Waals surface area contributed by atoms with Gasteiger partial charge in [-0.1, -0.05) is 12.8 Å². The summed E-state index contributed by atoms with van der Waals surface area (Å²) in [6, 6.07) is 6.10. The van der Waals surface area contributed by atoms with E-state index in [4.69, 9.17) is 15.3 Å². The number of hydrogen-bond donors (Lipinski definition) is 2. The van der Waals surface area contributed by atoms with E-state index in [9.17, 15) is 0 Å². The molecule has 3 atom stereocenters. The highest BCUT2D eigenvalue weighted by Gasteiger charge is 2.54. The van der Waals surface area contributed by atoms with Crippen LogP contribution in [-0.4, -0.2) is 14.2 Å². The molecule has 0 radical (unpaired) electrons. The molecule has 3 rings (SSSR count). The van der Waals surface area contributed by atoms with Crippen LogP contribution in [0.2, 0.25) is 0 Å². The summed E-state index contributed by atoms with van der Waals surface area (Å²) in [7, 11) is 3.40. The zero-order valence-electron chi connectivity index (χ0n) is 12.3. The Bertz CT molecular complexity index is 466. The molecule has 3 unspecified atom stereocenters. The lowest BCUT2D eigenvalue weighted by atomic mass is 9.99. The van der Waals surface area contributed by atoms with Crippen LogP contribution >= 0.6 is 0 Å². The summed E-state index contributed by atoms with van der Waals surface area (Å²) in [5.41, 5.74) is 4.15. The lowest BCUT2D eigenvalue weighted by Gasteiger charge is -2.20. The Kier molecular flexibility index (Phi) is 3.85. The summed E-state index contributed by atoms with van der Waals surface area (Å²) < 4.78 is 10.9. The van der Waals surface area contributed by atoms with Crippen molar-refractivity contribution in [2.75, 3.05) is 14.2 Å². The van der Waals surface area contributed by atoms with Gasteiger partial charge in [-0.25, -0.2) is 0 Å². The van der Waals surface area contributed by atoms with Gasteiger partial charge in [0.2, 0.25) is 0 Å². The van der Waals surface area contributed by atoms with E-state index in [0.717, 1.165) is 28.9 Å². The number of hydrogen-bond acceptors (Lipinski definition) is 4. The van der Waals surface area contributed by atoms with Crippen LogP contribution in [0.4, 0.5) is 0 Å². The first-order valence-corrected chi connectivity index (χ1v) is 7.48. The molecule has 20 heavy (non-hydrogen) atoms. The molecule has 4 heteroatoms. The van der Waals surface area contributed by atoms with Crippen LogP contribution in [-0.2, 0) is 0 Å². The predicted octanol–water partition coefficient (Wildman–Crippen LogP) is 2.64. The van der Waals surface area contributed by atoms with Gasteiger partial charge in [0.1, 0.15) is 11.5 Å². The third-order valence-corrected chi connectivity index (χ3v) is 5.06. The molecule has 2 fully saturated rings. The summed E-state index contributed by atoms with van der Waals surface area (Å²) in [6.07, 6.45) is 5.42. The fraction of sp³-hybridized carbons (Fsp3) is 0.625. The highest BCUT2D eigenvalue weighted by molar-refractivity contribution is 5.43. The maximum absolute atomic E-state index is 5.87. The number of hydrazine groups is 1. The average molecular weight is 276 g/mol. The largest absolute Gasteiger partial charge is 0.497 e. The first kappa shape index (κ1) is 13.7. The number of fused-ring (bicyclic) bond motifs is 1. The van der Waals surface area contributed by atoms with Crippen molar-refractivity contribution in [3.8, 4) is 11.5 Å². The van der Waals surface area contributed by atoms with Crippen molar-refractivity contribution in [3.05, 3.63) is 23.8 Å². The monoisotopic (exact) mass is 276 g/mol. The number of nitrogens with one attached hydrogen (secondary N) is 1. The molecule has 0 aliphatic heterocycles. The minimum atomic E-state index is 0.160. The summed E-state index contributed by atoms with van der Waals surface area (Å²) >= 11 is 0. The van der Waals surface area contributed by atoms with E-state index in [-0.39, 0.29) is 6.04 Å². The molecule has 0 heterocycles. The van der Waals surface area contributed by atoms with Crippen LogP contribution in [0.1, 0.15) is 37.3 Å². The topological polar surface area (TPSA) is 56.5 Å². The number of ether oxygens (including phenoxy) is 2. The van der Waals surface area contributed by atoms with Crippen LogP contribution in [0.3, 0.4) is 0 Å². The van der Waals surface area contributed by atoms with Crippen molar-refractivity contribution in [1.82, 2.24) is 5.43 Å². The van der Waals surface area contributed by atoms with Gasteiger partial charge in [0.05, 0.1) is 20.3 Å². The molecular formula is C16H24N2O2. The van der Waals surface area contributed by atoms with Crippen molar-refractivity contribution in [2.45, 2.75) is 31.7 Å². The van der Waals surface area contributed by atoms with Gasteiger partial charge >= 0.3 is 0 Å². The second kappa shape index (κ2) is 5.62. The fourth-order valence-corrected chi connectivity index (χ4v) is 4.03. The lowest BCUT2D eigenvalue weighted by molar-refractivity contribution is 0.377. The molecule has 3 N–H and O–H groups in total. The Morgan fingerprint density at radius 2 is 1.85 bits per heavy atom. The predicted molar refractivity (Wildman–Crippen MR) is 78.5 cm³/mol. The van der Waals surface area contributed by atoms with E-state index in [0.29, 0.717) is 5.92 Å². The third kappa shape index (κ3) is 2.27. The minimum Gasteiger partial charge on any atom is -0.497 e. The molecule has 1 aromatic rings. The number of benzene rings is 1. The summed E-state index contributed by atoms with van der Waals surface area (Å²) in [4.78, 5) is 0. The van der Waals surface area contributed by atoms with Crippen LogP contribution < -0.4 is 20.7 Å². The van der Waals surface area contributed by atoms with Crippen LogP contribution in [0.15, 0.2) is 18.2 Å². The van der Waals surface area contributed by atoms with E-state index >= 15 is 0 Å². The second-order valence-corrected chi connectivity index (χ2v) is 5.94. The minimum absolute atomic E-state index is 0.160. The SMILES string of the molecule is COc1ccc(OC)c(C(NN)C2C3CCCCC32)c1. The number of rotatable bonds is 5. The molecule has 4 nitrogen and oxygen atoms in total. The molecule has 2 aliphatic rings. The summed E-state index contributed by atoms with van der Waals surface area (Å²) in [5, 5.41) is 0. The Balaban J connectivity index is 1.89. The van der Waals surface area contributed by atoms with Gasteiger partial charge in [-0.15, -0.1) is 0 Å². The number of methoxy groups -OCH3 is 2. The van der Waals surface area contributed by atoms with E-state index in [1.165, 1.54) is 25.7 Å². The lowest BCUT2D eigenvalue weighted by Crippen LogP contribution is -2.30. The maximum atomic E-state index is 5.87. The zero-order valence-corrected chi connectivity index (χ0v) is 12.3. The molecule has 2 saturated carbocycles. The molecule has 110 valence electrons. The van der Waals surface area contributed by atoms with Crippen molar-refractivity contribution in [3.63, 3.8) is 0 Å². The third-order valence-electron chi connectivity index (χ3n) is 5.06. The second-order valence-electron chi connectivity index (χ2n) is 5.94. The Morgan fingerprint density at radius 1 is 1.15 bits per heavy atom. The zero-order chi connectivity index (χ0) is 14.1. The van der Waals surface area contributed by atoms with Crippen molar-refractivity contribution in [1.29, 1.82) is 0 Å². The molecule has 0 spiro atoms. The van der Waals surface area contributed by atoms with E-state index in [1.807, 2.05) is 18.2 Å². The average Bonchev–Trinajstić information content (AvgIpc) is 3.22. The van der Waals surface area contributed by atoms with Gasteiger partial charge in [0.25, 0.3) is 0 Å². The van der Waals surface area contributed by atoms with Gasteiger partial charge in [-0.05, 0) is 48.8 Å². The Hall–Kier alpha value is -1.26. The van der Waals surface area contributed by atoms with Crippen LogP contribution in [0.25, 0.3) is 0 Å². The van der Waals surface area contributed by atoms with Gasteiger partial charge in [0, 0.05) is 5.56 Å². The van der Waals surface area contributed by atoms with E-state index < -0.39 is 0 Å². The van der Waals surface area contributed by atoms with Crippen molar-refractivity contribution >= 4 is 0 Å². The standard InChI is InChI=1S/C16H24N2O2/c1-19-10-7-8-14(20-2)13(9-10)16(18-17)15-11-5-3-4-6-12(11)15/h7-9,11-12,15-16,18H,3-6,17H2,1-2H3. The molecule has 2 aliphatic carbocycles. The molecule has 0 amide bonds. The molecular weight excluding hydrogens is 252 g/mol. The van der Waals surface area contributed by atoms with Crippen molar-refractivity contribution in [2.24, 2.45) is 23.6 Å². The van der Waals surface area contributed by atoms with Gasteiger partial charge in [-0.3, -0.25) is 11.3 Å². The maximum Gasteiger partial charge on any atom is 0.123 e. The molecule has 1 aromatic carbocycles. The van der Waals surface area contributed by atoms with Gasteiger partial charge in [0.15, 0.2) is 0 Å². The highest BCUT2D eigenvalue weighted by Crippen LogP contribution is 2.60. The van der Waals surface area contributed by atoms with Crippen LogP contribution in [0.5, 0.6) is 11.5 Å². The molecule has 0 saturated heterocycles. The normalized spacial score (nSPS) is 29.4. The quantitative estimate of drug-likeness (QED) is 0.641. The Labute approximate surface area is 120 Å². The first-order chi connectivity index (χ1) is 9.80. The first-order valence-electron chi connectivity index (χ1n) is 7.48. The van der Waals surface area contributed by atoms with Gasteiger partial charge < -0.3 is 9.47 Å². The summed E-state index contributed by atoms with van der Waals surface area (Å²) in [5.74, 6) is 9.92. The van der Waals surface area contributed by atoms with E-state index in [1.54, 1.807) is 14.2 Å². The van der Waals surface area contributed by atoms with Gasteiger partial charge in [-0.2, -0.15) is 0 Å². The van der Waals surface area contributed by atoms with E-state index in [2.05, 4.69) is 5.43 Å². The summed E-state index contributed by atoms with van der Waals surface area (Å²) in [6.45, 7) is 0. The fourth-order valence-electron chi connectivity index (χ4n) is 4.03. The van der Waals surface area contributed by atoms with Crippen LogP contribution in [0, 0.1) is 17.8 Å².